The van der Waals surface area contributed by atoms with Gasteiger partial charge in [-0.3, -0.25) is 9.59 Å². The van der Waals surface area contributed by atoms with E-state index in [4.69, 9.17) is 4.74 Å². The summed E-state index contributed by atoms with van der Waals surface area (Å²) < 4.78 is 44.1. The van der Waals surface area contributed by atoms with Gasteiger partial charge in [0, 0.05) is 32.7 Å². The lowest BCUT2D eigenvalue weighted by Crippen LogP contribution is -2.47. The standard InChI is InChI=1S/C29H36F3N3O3/c1-38-19-14-26(36)34-21-12-17-35(18-13-21)16-7-6-15-28(27(37)33-20-29(30,31)32)24-10-4-2-8-22(24)23-9-3-5-11-25(23)28/h2-5,8-11,21H,6-7,12-20H2,1H3,(H,33,37)(H,34,36). The van der Waals surface area contributed by atoms with E-state index in [0.717, 1.165) is 61.2 Å². The Labute approximate surface area is 221 Å². The zero-order valence-corrected chi connectivity index (χ0v) is 21.8. The van der Waals surface area contributed by atoms with Crippen molar-refractivity contribution in [2.45, 2.75) is 56.2 Å². The average Bonchev–Trinajstić information content (AvgIpc) is 3.20. The fourth-order valence-corrected chi connectivity index (χ4v) is 5.81. The number of carbonyl (C=O) groups excluding carboxylic acids is 2. The Morgan fingerprint density at radius 1 is 1.00 bits per heavy atom. The Morgan fingerprint density at radius 3 is 2.18 bits per heavy atom. The monoisotopic (exact) mass is 531 g/mol. The van der Waals surface area contributed by atoms with Crippen molar-refractivity contribution in [2.75, 3.05) is 39.9 Å². The molecule has 1 heterocycles. The summed E-state index contributed by atoms with van der Waals surface area (Å²) in [5, 5.41) is 5.26. The van der Waals surface area contributed by atoms with Crippen LogP contribution in [0.3, 0.4) is 0 Å². The number of fused-ring (bicyclic) bond motifs is 3. The first-order chi connectivity index (χ1) is 18.2. The number of ether oxygens (including phenoxy) is 1. The molecular formula is C29H36F3N3O3. The Morgan fingerprint density at radius 2 is 1.61 bits per heavy atom. The number of amides is 2. The quantitative estimate of drug-likeness (QED) is 0.422. The SMILES string of the molecule is COCCC(=O)NC1CCN(CCCCC2(C(=O)NCC(F)(F)F)c3ccccc3-c3ccccc32)CC1. The third kappa shape index (κ3) is 6.38. The van der Waals surface area contributed by atoms with Gasteiger partial charge in [0.1, 0.15) is 12.0 Å². The number of methoxy groups -OCH3 is 1. The van der Waals surface area contributed by atoms with Gasteiger partial charge in [-0.05, 0) is 54.5 Å². The Balaban J connectivity index is 1.40. The van der Waals surface area contributed by atoms with Gasteiger partial charge in [-0.2, -0.15) is 13.2 Å². The maximum atomic E-state index is 13.6. The van der Waals surface area contributed by atoms with Gasteiger partial charge in [0.25, 0.3) is 0 Å². The molecule has 2 aromatic rings. The zero-order chi connectivity index (χ0) is 27.2. The molecule has 9 heteroatoms. The molecule has 2 aliphatic rings. The molecule has 0 spiro atoms. The van der Waals surface area contributed by atoms with Crippen molar-refractivity contribution < 1.29 is 27.5 Å². The average molecular weight is 532 g/mol. The minimum absolute atomic E-state index is 0.0107. The van der Waals surface area contributed by atoms with Gasteiger partial charge in [0.05, 0.1) is 6.61 Å². The molecule has 0 atom stereocenters. The van der Waals surface area contributed by atoms with Crippen LogP contribution in [0.25, 0.3) is 11.1 Å². The van der Waals surface area contributed by atoms with Gasteiger partial charge in [-0.1, -0.05) is 55.0 Å². The molecule has 0 unspecified atom stereocenters. The number of benzene rings is 2. The Hall–Kier alpha value is -2.91. The highest BCUT2D eigenvalue weighted by Gasteiger charge is 2.49. The summed E-state index contributed by atoms with van der Waals surface area (Å²) in [6.45, 7) is 1.65. The van der Waals surface area contributed by atoms with Crippen molar-refractivity contribution in [2.24, 2.45) is 0 Å². The van der Waals surface area contributed by atoms with Gasteiger partial charge >= 0.3 is 6.18 Å². The number of carbonyl (C=O) groups is 2. The molecule has 6 nitrogen and oxygen atoms in total. The summed E-state index contributed by atoms with van der Waals surface area (Å²) in [7, 11) is 1.58. The van der Waals surface area contributed by atoms with E-state index in [1.807, 2.05) is 48.5 Å². The van der Waals surface area contributed by atoms with Crippen LogP contribution in [0.15, 0.2) is 48.5 Å². The summed E-state index contributed by atoms with van der Waals surface area (Å²) in [5.41, 5.74) is 2.19. The minimum atomic E-state index is -4.48. The Bertz CT molecular complexity index is 1070. The van der Waals surface area contributed by atoms with E-state index < -0.39 is 24.0 Å². The molecular weight excluding hydrogens is 495 g/mol. The molecule has 2 N–H and O–H groups in total. The third-order valence-electron chi connectivity index (χ3n) is 7.66. The van der Waals surface area contributed by atoms with Crippen molar-refractivity contribution in [3.8, 4) is 11.1 Å². The van der Waals surface area contributed by atoms with Crippen LogP contribution in [0.5, 0.6) is 0 Å². The van der Waals surface area contributed by atoms with Gasteiger partial charge in [-0.25, -0.2) is 0 Å². The molecule has 1 fully saturated rings. The summed E-state index contributed by atoms with van der Waals surface area (Å²) in [5.74, 6) is -0.589. The minimum Gasteiger partial charge on any atom is -0.384 e. The van der Waals surface area contributed by atoms with Crippen molar-refractivity contribution in [3.63, 3.8) is 0 Å². The lowest BCUT2D eigenvalue weighted by Gasteiger charge is -2.33. The molecule has 0 bridgehead atoms. The topological polar surface area (TPSA) is 70.7 Å². The van der Waals surface area contributed by atoms with Gasteiger partial charge in [0.15, 0.2) is 0 Å². The van der Waals surface area contributed by atoms with Crippen molar-refractivity contribution in [3.05, 3.63) is 59.7 Å². The molecule has 0 saturated carbocycles. The van der Waals surface area contributed by atoms with Gasteiger partial charge < -0.3 is 20.3 Å². The van der Waals surface area contributed by atoms with Gasteiger partial charge in [-0.15, -0.1) is 0 Å². The van der Waals surface area contributed by atoms with Crippen LogP contribution in [0, 0.1) is 0 Å². The fourth-order valence-electron chi connectivity index (χ4n) is 5.81. The maximum absolute atomic E-state index is 13.6. The van der Waals surface area contributed by atoms with E-state index in [1.54, 1.807) is 7.11 Å². The van der Waals surface area contributed by atoms with Crippen molar-refractivity contribution >= 4 is 11.8 Å². The maximum Gasteiger partial charge on any atom is 0.405 e. The Kier molecular flexibility index (Phi) is 9.10. The number of likely N-dealkylation sites (tertiary alicyclic amines) is 1. The lowest BCUT2D eigenvalue weighted by atomic mass is 9.73. The molecule has 1 aliphatic carbocycles. The molecule has 0 aromatic heterocycles. The van der Waals surface area contributed by atoms with Crippen LogP contribution >= 0.6 is 0 Å². The number of piperidine rings is 1. The molecule has 1 saturated heterocycles. The van der Waals surface area contributed by atoms with E-state index in [0.29, 0.717) is 25.9 Å². The smallest absolute Gasteiger partial charge is 0.384 e. The number of rotatable bonds is 11. The number of unbranched alkanes of at least 4 members (excludes halogenated alkanes) is 1. The van der Waals surface area contributed by atoms with E-state index >= 15 is 0 Å². The summed E-state index contributed by atoms with van der Waals surface area (Å²) in [4.78, 5) is 27.9. The second-order valence-corrected chi connectivity index (χ2v) is 10.2. The van der Waals surface area contributed by atoms with Crippen LogP contribution in [-0.2, 0) is 19.7 Å². The van der Waals surface area contributed by atoms with Crippen LogP contribution in [0.2, 0.25) is 0 Å². The summed E-state index contributed by atoms with van der Waals surface area (Å²) in [6.07, 6.45) is -0.423. The van der Waals surface area contributed by atoms with Crippen LogP contribution in [0.4, 0.5) is 13.2 Å². The number of nitrogens with one attached hydrogen (secondary N) is 2. The lowest BCUT2D eigenvalue weighted by molar-refractivity contribution is -0.141. The number of nitrogens with zero attached hydrogens (tertiary/aromatic N) is 1. The molecule has 4 rings (SSSR count). The fraction of sp³-hybridized carbons (Fsp3) is 0.517. The number of hydrogen-bond donors (Lipinski definition) is 2. The highest BCUT2D eigenvalue weighted by Crippen LogP contribution is 2.51. The first kappa shape index (κ1) is 28.1. The number of alkyl halides is 3. The molecule has 2 amide bonds. The summed E-state index contributed by atoms with van der Waals surface area (Å²) in [6, 6.07) is 15.2. The molecule has 206 valence electrons. The third-order valence-corrected chi connectivity index (χ3v) is 7.66. The normalized spacial score (nSPS) is 17.1. The number of hydrogen-bond acceptors (Lipinski definition) is 4. The van der Waals surface area contributed by atoms with E-state index in [-0.39, 0.29) is 11.9 Å². The van der Waals surface area contributed by atoms with E-state index in [9.17, 15) is 22.8 Å². The van der Waals surface area contributed by atoms with Gasteiger partial charge in [0.2, 0.25) is 11.8 Å². The zero-order valence-electron chi connectivity index (χ0n) is 21.8. The highest BCUT2D eigenvalue weighted by molar-refractivity contribution is 6.00. The second-order valence-electron chi connectivity index (χ2n) is 10.2. The highest BCUT2D eigenvalue weighted by atomic mass is 19.4. The molecule has 38 heavy (non-hydrogen) atoms. The molecule has 2 aromatic carbocycles. The van der Waals surface area contributed by atoms with Crippen LogP contribution in [0.1, 0.15) is 49.7 Å². The first-order valence-corrected chi connectivity index (χ1v) is 13.3. The number of halogens is 3. The predicted molar refractivity (Wildman–Crippen MR) is 140 cm³/mol. The van der Waals surface area contributed by atoms with E-state index in [2.05, 4.69) is 15.5 Å². The predicted octanol–water partition coefficient (Wildman–Crippen LogP) is 4.42. The van der Waals surface area contributed by atoms with Crippen molar-refractivity contribution in [1.82, 2.24) is 15.5 Å². The first-order valence-electron chi connectivity index (χ1n) is 13.3. The molecule has 1 aliphatic heterocycles. The van der Waals surface area contributed by atoms with Crippen LogP contribution in [-0.4, -0.2) is 68.8 Å². The molecule has 0 radical (unpaired) electrons. The van der Waals surface area contributed by atoms with E-state index in [1.165, 1.54) is 0 Å². The summed E-state index contributed by atoms with van der Waals surface area (Å²) >= 11 is 0. The largest absolute Gasteiger partial charge is 0.405 e. The van der Waals surface area contributed by atoms with Crippen molar-refractivity contribution in [1.29, 1.82) is 0 Å². The second kappa shape index (κ2) is 12.3. The van der Waals surface area contributed by atoms with Crippen LogP contribution < -0.4 is 10.6 Å².